The van der Waals surface area contributed by atoms with Crippen LogP contribution in [0.25, 0.3) is 0 Å². The maximum Gasteiger partial charge on any atom is 0.133 e. The predicted octanol–water partition coefficient (Wildman–Crippen LogP) is 2.15. The van der Waals surface area contributed by atoms with Crippen molar-refractivity contribution in [2.24, 2.45) is 0 Å². The molecule has 0 aromatic rings. The molecule has 0 spiro atoms. The molecular formula is C7H11ClO. The largest absolute Gasteiger partial charge is 0.300 e. The molecule has 1 nitrogen and oxygen atoms in total. The lowest BCUT2D eigenvalue weighted by atomic mass is 10.1. The molecule has 0 fully saturated rings. The van der Waals surface area contributed by atoms with Crippen LogP contribution in [-0.2, 0) is 4.79 Å². The van der Waals surface area contributed by atoms with Gasteiger partial charge in [-0.05, 0) is 13.8 Å². The van der Waals surface area contributed by atoms with Crippen molar-refractivity contribution in [2.45, 2.75) is 20.3 Å². The van der Waals surface area contributed by atoms with Crippen LogP contribution in [0.15, 0.2) is 11.6 Å². The summed E-state index contributed by atoms with van der Waals surface area (Å²) in [7, 11) is 0. The summed E-state index contributed by atoms with van der Waals surface area (Å²) in [6.07, 6.45) is 2.38. The van der Waals surface area contributed by atoms with Crippen molar-refractivity contribution in [1.82, 2.24) is 0 Å². The summed E-state index contributed by atoms with van der Waals surface area (Å²) in [5.41, 5.74) is 1.05. The minimum absolute atomic E-state index is 0.189. The van der Waals surface area contributed by atoms with E-state index in [0.29, 0.717) is 12.3 Å². The Bertz CT molecular complexity index is 127. The van der Waals surface area contributed by atoms with Crippen molar-refractivity contribution in [3.05, 3.63) is 11.6 Å². The molecule has 0 heterocycles. The maximum atomic E-state index is 10.4. The number of alkyl halides is 1. The summed E-state index contributed by atoms with van der Waals surface area (Å²) in [4.78, 5) is 10.4. The SMILES string of the molecule is CC(=O)C/C(C)=C/CCl. The smallest absolute Gasteiger partial charge is 0.133 e. The number of ketones is 1. The monoisotopic (exact) mass is 146 g/mol. The van der Waals surface area contributed by atoms with Gasteiger partial charge in [0.05, 0.1) is 0 Å². The standard InChI is InChI=1S/C7H11ClO/c1-6(3-4-8)5-7(2)9/h3H,4-5H2,1-2H3/b6-3+. The summed E-state index contributed by atoms with van der Waals surface area (Å²) in [6.45, 7) is 3.48. The summed E-state index contributed by atoms with van der Waals surface area (Å²) in [5, 5.41) is 0. The molecule has 0 aromatic carbocycles. The number of rotatable bonds is 3. The van der Waals surface area contributed by atoms with Gasteiger partial charge in [-0.25, -0.2) is 0 Å². The van der Waals surface area contributed by atoms with E-state index in [1.165, 1.54) is 0 Å². The van der Waals surface area contributed by atoms with E-state index < -0.39 is 0 Å². The summed E-state index contributed by atoms with van der Waals surface area (Å²) in [5.74, 6) is 0.688. The Morgan fingerprint density at radius 3 is 2.44 bits per heavy atom. The van der Waals surface area contributed by atoms with Gasteiger partial charge in [-0.2, -0.15) is 0 Å². The van der Waals surface area contributed by atoms with Crippen molar-refractivity contribution < 1.29 is 4.79 Å². The molecule has 0 rings (SSSR count). The molecule has 0 N–H and O–H groups in total. The van der Waals surface area contributed by atoms with E-state index in [2.05, 4.69) is 0 Å². The molecule has 0 aliphatic rings. The van der Waals surface area contributed by atoms with Crippen LogP contribution in [0.1, 0.15) is 20.3 Å². The van der Waals surface area contributed by atoms with Gasteiger partial charge in [0.2, 0.25) is 0 Å². The second-order valence-electron chi connectivity index (χ2n) is 2.08. The third-order valence-corrected chi connectivity index (χ3v) is 1.11. The first-order valence-corrected chi connectivity index (χ1v) is 3.41. The fourth-order valence-electron chi connectivity index (χ4n) is 0.597. The topological polar surface area (TPSA) is 17.1 Å². The Balaban J connectivity index is 3.62. The number of Topliss-reactive ketones (excluding diaryl/α,β-unsaturated/α-hetero) is 1. The van der Waals surface area contributed by atoms with Crippen LogP contribution in [0.3, 0.4) is 0 Å². The van der Waals surface area contributed by atoms with Crippen molar-refractivity contribution in [3.8, 4) is 0 Å². The van der Waals surface area contributed by atoms with E-state index >= 15 is 0 Å². The van der Waals surface area contributed by atoms with Crippen LogP contribution >= 0.6 is 11.6 Å². The molecule has 0 amide bonds. The Morgan fingerprint density at radius 2 is 2.11 bits per heavy atom. The Labute approximate surface area is 60.7 Å². The second-order valence-corrected chi connectivity index (χ2v) is 2.39. The number of hydrogen-bond acceptors (Lipinski definition) is 1. The van der Waals surface area contributed by atoms with Crippen LogP contribution in [0, 0.1) is 0 Å². The molecule has 2 heteroatoms. The lowest BCUT2D eigenvalue weighted by Gasteiger charge is -1.92. The number of allylic oxidation sites excluding steroid dienone is 2. The molecule has 0 saturated carbocycles. The van der Waals surface area contributed by atoms with Crippen LogP contribution in [-0.4, -0.2) is 11.7 Å². The molecule has 0 bridgehead atoms. The van der Waals surface area contributed by atoms with Crippen molar-refractivity contribution >= 4 is 17.4 Å². The molecule has 0 aliphatic carbocycles. The molecule has 0 unspecified atom stereocenters. The van der Waals surface area contributed by atoms with Crippen LogP contribution < -0.4 is 0 Å². The van der Waals surface area contributed by atoms with Gasteiger partial charge in [-0.15, -0.1) is 11.6 Å². The highest BCUT2D eigenvalue weighted by molar-refractivity contribution is 6.18. The zero-order valence-corrected chi connectivity index (χ0v) is 6.53. The minimum atomic E-state index is 0.189. The molecule has 0 atom stereocenters. The second kappa shape index (κ2) is 4.57. The van der Waals surface area contributed by atoms with E-state index in [1.54, 1.807) is 6.92 Å². The first kappa shape index (κ1) is 8.70. The fraction of sp³-hybridized carbons (Fsp3) is 0.571. The maximum absolute atomic E-state index is 10.4. The quantitative estimate of drug-likeness (QED) is 0.441. The van der Waals surface area contributed by atoms with Gasteiger partial charge in [0.25, 0.3) is 0 Å². The first-order valence-electron chi connectivity index (χ1n) is 2.88. The number of carbonyl (C=O) groups excluding carboxylic acids is 1. The highest BCUT2D eigenvalue weighted by Crippen LogP contribution is 1.99. The average molecular weight is 147 g/mol. The van der Waals surface area contributed by atoms with E-state index in [9.17, 15) is 4.79 Å². The Hall–Kier alpha value is -0.300. The zero-order valence-electron chi connectivity index (χ0n) is 5.78. The van der Waals surface area contributed by atoms with E-state index in [4.69, 9.17) is 11.6 Å². The van der Waals surface area contributed by atoms with Gasteiger partial charge in [-0.1, -0.05) is 11.6 Å². The van der Waals surface area contributed by atoms with Crippen LogP contribution in [0.2, 0.25) is 0 Å². The van der Waals surface area contributed by atoms with E-state index in [-0.39, 0.29) is 5.78 Å². The predicted molar refractivity (Wildman–Crippen MR) is 39.8 cm³/mol. The van der Waals surface area contributed by atoms with Crippen molar-refractivity contribution in [1.29, 1.82) is 0 Å². The highest BCUT2D eigenvalue weighted by atomic mass is 35.5. The average Bonchev–Trinajstić information content (AvgIpc) is 1.63. The fourth-order valence-corrected chi connectivity index (χ4v) is 0.860. The third-order valence-electron chi connectivity index (χ3n) is 0.953. The van der Waals surface area contributed by atoms with Gasteiger partial charge < -0.3 is 0 Å². The van der Waals surface area contributed by atoms with Crippen molar-refractivity contribution in [2.75, 3.05) is 5.88 Å². The number of carbonyl (C=O) groups is 1. The molecular weight excluding hydrogens is 136 g/mol. The first-order chi connectivity index (χ1) is 4.16. The van der Waals surface area contributed by atoms with Crippen molar-refractivity contribution in [3.63, 3.8) is 0 Å². The van der Waals surface area contributed by atoms with E-state index in [1.807, 2.05) is 13.0 Å². The van der Waals surface area contributed by atoms with E-state index in [0.717, 1.165) is 5.57 Å². The highest BCUT2D eigenvalue weighted by Gasteiger charge is 1.92. The molecule has 9 heavy (non-hydrogen) atoms. The zero-order chi connectivity index (χ0) is 7.28. The van der Waals surface area contributed by atoms with Gasteiger partial charge in [0, 0.05) is 12.3 Å². The third kappa shape index (κ3) is 5.57. The Morgan fingerprint density at radius 1 is 1.56 bits per heavy atom. The molecule has 0 saturated heterocycles. The van der Waals surface area contributed by atoms with Crippen LogP contribution in [0.4, 0.5) is 0 Å². The van der Waals surface area contributed by atoms with Gasteiger partial charge in [-0.3, -0.25) is 4.79 Å². The number of halogens is 1. The van der Waals surface area contributed by atoms with Crippen LogP contribution in [0.5, 0.6) is 0 Å². The lowest BCUT2D eigenvalue weighted by molar-refractivity contribution is -0.116. The van der Waals surface area contributed by atoms with Gasteiger partial charge in [0.15, 0.2) is 0 Å². The molecule has 0 radical (unpaired) electrons. The molecule has 0 aromatic heterocycles. The summed E-state index contributed by atoms with van der Waals surface area (Å²) < 4.78 is 0. The molecule has 52 valence electrons. The molecule has 0 aliphatic heterocycles. The summed E-state index contributed by atoms with van der Waals surface area (Å²) in [6, 6.07) is 0. The van der Waals surface area contributed by atoms with Gasteiger partial charge in [0.1, 0.15) is 5.78 Å². The normalized spacial score (nSPS) is 11.7. The minimum Gasteiger partial charge on any atom is -0.300 e. The number of hydrogen-bond donors (Lipinski definition) is 0. The summed E-state index contributed by atoms with van der Waals surface area (Å²) >= 11 is 5.39. The lowest BCUT2D eigenvalue weighted by Crippen LogP contribution is -1.90. The van der Waals surface area contributed by atoms with Gasteiger partial charge >= 0.3 is 0 Å². The Kier molecular flexibility index (Phi) is 4.41.